The molecule has 0 spiro atoms. The second-order valence-electron chi connectivity index (χ2n) is 6.50. The fraction of sp³-hybridized carbons (Fsp3) is 0.933. The molecule has 120 valence electrons. The van der Waals surface area contributed by atoms with Crippen LogP contribution in [-0.4, -0.2) is 50.6 Å². The summed E-state index contributed by atoms with van der Waals surface area (Å²) >= 11 is 0. The van der Waals surface area contributed by atoms with Crippen LogP contribution in [0, 0.1) is 11.8 Å². The molecule has 0 aromatic heterocycles. The molecule has 6 nitrogen and oxygen atoms in total. The van der Waals surface area contributed by atoms with E-state index in [4.69, 9.17) is 15.2 Å². The van der Waals surface area contributed by atoms with Gasteiger partial charge in [-0.1, -0.05) is 0 Å². The van der Waals surface area contributed by atoms with E-state index in [-0.39, 0.29) is 12.2 Å². The highest BCUT2D eigenvalue weighted by Crippen LogP contribution is 2.38. The number of nitrogens with two attached hydrogens (primary N) is 1. The molecular formula is C15H27N3O3. The highest BCUT2D eigenvalue weighted by atomic mass is 16.7. The van der Waals surface area contributed by atoms with E-state index in [1.165, 1.54) is 6.42 Å². The van der Waals surface area contributed by atoms with E-state index in [1.807, 2.05) is 0 Å². The molecule has 21 heavy (non-hydrogen) atoms. The minimum Gasteiger partial charge on any atom is -0.431 e. The maximum Gasteiger partial charge on any atom is 0.508 e. The predicted octanol–water partition coefficient (Wildman–Crippen LogP) is 0.607. The molecule has 0 aromatic rings. The van der Waals surface area contributed by atoms with Crippen LogP contribution in [0.3, 0.4) is 0 Å². The smallest absolute Gasteiger partial charge is 0.431 e. The molecule has 0 radical (unpaired) electrons. The van der Waals surface area contributed by atoms with Gasteiger partial charge in [-0.3, -0.25) is 0 Å². The zero-order chi connectivity index (χ0) is 14.7. The van der Waals surface area contributed by atoms with Crippen LogP contribution in [0.1, 0.15) is 32.1 Å². The number of hydrogen-bond donors (Lipinski definition) is 3. The van der Waals surface area contributed by atoms with Gasteiger partial charge in [-0.15, -0.1) is 0 Å². The molecule has 4 N–H and O–H groups in total. The SMILES string of the molecule is NCCC1CNC2CCCC(OC(=O)OC3CCNC3)C12. The molecule has 0 amide bonds. The van der Waals surface area contributed by atoms with Gasteiger partial charge < -0.3 is 25.8 Å². The quantitative estimate of drug-likeness (QED) is 0.659. The summed E-state index contributed by atoms with van der Waals surface area (Å²) in [6.45, 7) is 3.34. The maximum atomic E-state index is 12.0. The lowest BCUT2D eigenvalue weighted by Gasteiger charge is -2.35. The number of carbonyl (C=O) groups excluding carboxylic acids is 1. The first-order chi connectivity index (χ1) is 10.3. The summed E-state index contributed by atoms with van der Waals surface area (Å²) in [6, 6.07) is 0.473. The third-order valence-electron chi connectivity index (χ3n) is 5.15. The molecule has 0 aromatic carbocycles. The van der Waals surface area contributed by atoms with Gasteiger partial charge in [0.1, 0.15) is 12.2 Å². The first kappa shape index (κ1) is 15.1. The van der Waals surface area contributed by atoms with Crippen LogP contribution in [0.5, 0.6) is 0 Å². The Labute approximate surface area is 126 Å². The van der Waals surface area contributed by atoms with Gasteiger partial charge >= 0.3 is 6.16 Å². The maximum absolute atomic E-state index is 12.0. The number of hydrogen-bond acceptors (Lipinski definition) is 6. The molecule has 1 aliphatic carbocycles. The van der Waals surface area contributed by atoms with Crippen LogP contribution in [0.15, 0.2) is 0 Å². The average Bonchev–Trinajstić information content (AvgIpc) is 3.10. The molecule has 5 atom stereocenters. The van der Waals surface area contributed by atoms with Crippen molar-refractivity contribution in [1.29, 1.82) is 0 Å². The first-order valence-electron chi connectivity index (χ1n) is 8.29. The van der Waals surface area contributed by atoms with Gasteiger partial charge in [0.15, 0.2) is 0 Å². The predicted molar refractivity (Wildman–Crippen MR) is 78.9 cm³/mol. The van der Waals surface area contributed by atoms with Crippen molar-refractivity contribution in [3.05, 3.63) is 0 Å². The lowest BCUT2D eigenvalue weighted by atomic mass is 9.76. The Morgan fingerprint density at radius 2 is 2.10 bits per heavy atom. The zero-order valence-electron chi connectivity index (χ0n) is 12.6. The van der Waals surface area contributed by atoms with Crippen molar-refractivity contribution in [2.75, 3.05) is 26.2 Å². The molecule has 3 aliphatic rings. The molecule has 6 heteroatoms. The summed E-state index contributed by atoms with van der Waals surface area (Å²) < 4.78 is 11.1. The third-order valence-corrected chi connectivity index (χ3v) is 5.15. The second-order valence-corrected chi connectivity index (χ2v) is 6.50. The van der Waals surface area contributed by atoms with Gasteiger partial charge in [0.25, 0.3) is 0 Å². The van der Waals surface area contributed by atoms with Crippen LogP contribution in [-0.2, 0) is 9.47 Å². The van der Waals surface area contributed by atoms with Crippen LogP contribution in [0.25, 0.3) is 0 Å². The Hall–Kier alpha value is -0.850. The van der Waals surface area contributed by atoms with Crippen molar-refractivity contribution >= 4 is 6.16 Å². The Kier molecular flexibility index (Phi) is 4.98. The standard InChI is InChI=1S/C15H27N3O3/c16-6-4-10-8-18-12-2-1-3-13(14(10)12)21-15(19)20-11-5-7-17-9-11/h10-14,17-18H,1-9,16H2. The van der Waals surface area contributed by atoms with Crippen molar-refractivity contribution in [3.63, 3.8) is 0 Å². The molecule has 2 heterocycles. The van der Waals surface area contributed by atoms with E-state index in [0.29, 0.717) is 24.4 Å². The van der Waals surface area contributed by atoms with Gasteiger partial charge in [0, 0.05) is 18.5 Å². The second kappa shape index (κ2) is 6.94. The summed E-state index contributed by atoms with van der Waals surface area (Å²) in [5.74, 6) is 0.919. The molecule has 3 rings (SSSR count). The Morgan fingerprint density at radius 3 is 2.86 bits per heavy atom. The number of rotatable bonds is 4. The van der Waals surface area contributed by atoms with Gasteiger partial charge in [-0.05, 0) is 57.7 Å². The van der Waals surface area contributed by atoms with E-state index in [0.717, 1.165) is 45.3 Å². The number of nitrogens with one attached hydrogen (secondary N) is 2. The molecule has 2 saturated heterocycles. The van der Waals surface area contributed by atoms with Crippen molar-refractivity contribution in [3.8, 4) is 0 Å². The van der Waals surface area contributed by atoms with Crippen molar-refractivity contribution < 1.29 is 14.3 Å². The monoisotopic (exact) mass is 297 g/mol. The highest BCUT2D eigenvalue weighted by Gasteiger charge is 2.44. The van der Waals surface area contributed by atoms with Crippen molar-refractivity contribution in [1.82, 2.24) is 10.6 Å². The Bertz CT molecular complexity index is 360. The van der Waals surface area contributed by atoms with Gasteiger partial charge in [0.05, 0.1) is 0 Å². The molecular weight excluding hydrogens is 270 g/mol. The summed E-state index contributed by atoms with van der Waals surface area (Å²) in [5, 5.41) is 6.76. The van der Waals surface area contributed by atoms with Gasteiger partial charge in [-0.2, -0.15) is 0 Å². The van der Waals surface area contributed by atoms with E-state index in [9.17, 15) is 4.79 Å². The van der Waals surface area contributed by atoms with Crippen LogP contribution in [0.2, 0.25) is 0 Å². The lowest BCUT2D eigenvalue weighted by Crippen LogP contribution is -2.42. The zero-order valence-corrected chi connectivity index (χ0v) is 12.6. The summed E-state index contributed by atoms with van der Waals surface area (Å²) in [7, 11) is 0. The van der Waals surface area contributed by atoms with Crippen LogP contribution < -0.4 is 16.4 Å². The molecule has 3 fully saturated rings. The average molecular weight is 297 g/mol. The molecule has 2 aliphatic heterocycles. The Balaban J connectivity index is 1.56. The van der Waals surface area contributed by atoms with E-state index in [1.54, 1.807) is 0 Å². The topological polar surface area (TPSA) is 85.6 Å². The van der Waals surface area contributed by atoms with Crippen LogP contribution in [0.4, 0.5) is 4.79 Å². The van der Waals surface area contributed by atoms with Crippen molar-refractivity contribution in [2.45, 2.75) is 50.4 Å². The van der Waals surface area contributed by atoms with Gasteiger partial charge in [-0.25, -0.2) is 4.79 Å². The normalized spacial score (nSPS) is 39.0. The highest BCUT2D eigenvalue weighted by molar-refractivity contribution is 5.60. The largest absolute Gasteiger partial charge is 0.508 e. The lowest BCUT2D eigenvalue weighted by molar-refractivity contribution is -0.0353. The minimum atomic E-state index is -0.493. The van der Waals surface area contributed by atoms with Crippen LogP contribution >= 0.6 is 0 Å². The fourth-order valence-electron chi connectivity index (χ4n) is 4.15. The fourth-order valence-corrected chi connectivity index (χ4v) is 4.15. The summed E-state index contributed by atoms with van der Waals surface area (Å²) in [5.41, 5.74) is 5.72. The van der Waals surface area contributed by atoms with E-state index in [2.05, 4.69) is 10.6 Å². The molecule has 0 bridgehead atoms. The number of fused-ring (bicyclic) bond motifs is 1. The third kappa shape index (κ3) is 3.49. The number of ether oxygens (including phenoxy) is 2. The first-order valence-corrected chi connectivity index (χ1v) is 8.29. The summed E-state index contributed by atoms with van der Waals surface area (Å²) in [4.78, 5) is 12.0. The molecule has 5 unspecified atom stereocenters. The number of carbonyl (C=O) groups is 1. The summed E-state index contributed by atoms with van der Waals surface area (Å²) in [6.07, 6.45) is 4.56. The minimum absolute atomic E-state index is 0.0165. The Morgan fingerprint density at radius 1 is 1.19 bits per heavy atom. The van der Waals surface area contributed by atoms with Crippen molar-refractivity contribution in [2.24, 2.45) is 17.6 Å². The molecule has 1 saturated carbocycles. The van der Waals surface area contributed by atoms with Gasteiger partial charge in [0.2, 0.25) is 0 Å². The van der Waals surface area contributed by atoms with E-state index >= 15 is 0 Å². The van der Waals surface area contributed by atoms with E-state index < -0.39 is 6.16 Å².